The Morgan fingerprint density at radius 1 is 1.48 bits per heavy atom. The first-order valence-electron chi connectivity index (χ1n) is 8.58. The maximum absolute atomic E-state index is 6.00. The zero-order chi connectivity index (χ0) is 17.2. The summed E-state index contributed by atoms with van der Waals surface area (Å²) in [5.41, 5.74) is 6.91. The normalized spacial score (nSPS) is 18.0. The van der Waals surface area contributed by atoms with E-state index in [2.05, 4.69) is 27.1 Å². The Morgan fingerprint density at radius 3 is 3.08 bits per heavy atom. The highest BCUT2D eigenvalue weighted by Crippen LogP contribution is 2.16. The van der Waals surface area contributed by atoms with Crippen molar-refractivity contribution in [1.82, 2.24) is 15.2 Å². The molecule has 25 heavy (non-hydrogen) atoms. The van der Waals surface area contributed by atoms with Gasteiger partial charge < -0.3 is 20.5 Å². The number of hydrogen-bond acceptors (Lipinski definition) is 5. The molecule has 0 aliphatic carbocycles. The minimum Gasteiger partial charge on any atom is -0.475 e. The van der Waals surface area contributed by atoms with Gasteiger partial charge in [-0.05, 0) is 32.0 Å². The number of guanidine groups is 1. The molecule has 1 atom stereocenters. The van der Waals surface area contributed by atoms with E-state index in [0.717, 1.165) is 18.7 Å². The maximum Gasteiger partial charge on any atom is 0.218 e. The molecule has 3 N–H and O–H groups in total. The van der Waals surface area contributed by atoms with Crippen LogP contribution in [-0.2, 0) is 11.3 Å². The summed E-state index contributed by atoms with van der Waals surface area (Å²) in [4.78, 5) is 11.1. The Morgan fingerprint density at radius 2 is 2.32 bits per heavy atom. The molecule has 1 saturated heterocycles. The Hall–Kier alpha value is -1.13. The summed E-state index contributed by atoms with van der Waals surface area (Å²) in [6, 6.07) is 4.37. The van der Waals surface area contributed by atoms with Crippen LogP contribution in [0.15, 0.2) is 23.3 Å². The molecule has 142 valence electrons. The molecule has 0 radical (unpaired) electrons. The third-order valence-electron chi connectivity index (χ3n) is 4.22. The first kappa shape index (κ1) is 21.9. The molecule has 1 aliphatic heterocycles. The maximum atomic E-state index is 6.00. The highest BCUT2D eigenvalue weighted by atomic mass is 127. The quantitative estimate of drug-likeness (QED) is 0.251. The number of aliphatic imine (C=N–C) groups is 1. The van der Waals surface area contributed by atoms with Crippen LogP contribution in [0.2, 0.25) is 0 Å². The summed E-state index contributed by atoms with van der Waals surface area (Å²) in [7, 11) is 1.64. The Labute approximate surface area is 167 Å². The number of aromatic nitrogens is 1. The molecule has 0 bridgehead atoms. The molecule has 1 aromatic rings. The number of nitrogens with one attached hydrogen (secondary N) is 1. The van der Waals surface area contributed by atoms with Gasteiger partial charge in [-0.3, -0.25) is 4.90 Å². The van der Waals surface area contributed by atoms with E-state index in [1.165, 1.54) is 19.4 Å². The number of likely N-dealkylation sites (N-methyl/N-ethyl adjacent to an activating group) is 1. The minimum absolute atomic E-state index is 0. The average molecular weight is 463 g/mol. The lowest BCUT2D eigenvalue weighted by Crippen LogP contribution is -2.42. The van der Waals surface area contributed by atoms with Crippen molar-refractivity contribution >= 4 is 29.9 Å². The molecular formula is C17H30IN5O2. The van der Waals surface area contributed by atoms with Crippen molar-refractivity contribution in [3.05, 3.63) is 23.9 Å². The van der Waals surface area contributed by atoms with Crippen LogP contribution in [0, 0.1) is 0 Å². The largest absolute Gasteiger partial charge is 0.475 e. The Kier molecular flexibility index (Phi) is 10.7. The minimum atomic E-state index is 0. The van der Waals surface area contributed by atoms with E-state index in [1.807, 2.05) is 12.1 Å². The smallest absolute Gasteiger partial charge is 0.218 e. The van der Waals surface area contributed by atoms with Gasteiger partial charge in [-0.1, -0.05) is 13.0 Å². The fraction of sp³-hybridized carbons (Fsp3) is 0.647. The number of hydrogen-bond donors (Lipinski definition) is 2. The van der Waals surface area contributed by atoms with Crippen LogP contribution in [0.1, 0.15) is 25.3 Å². The molecule has 1 aromatic heterocycles. The highest BCUT2D eigenvalue weighted by Gasteiger charge is 2.22. The van der Waals surface area contributed by atoms with Gasteiger partial charge in [0.2, 0.25) is 5.88 Å². The van der Waals surface area contributed by atoms with E-state index in [9.17, 15) is 0 Å². The number of pyridine rings is 1. The average Bonchev–Trinajstić information content (AvgIpc) is 3.07. The van der Waals surface area contributed by atoms with Gasteiger partial charge in [0.25, 0.3) is 0 Å². The van der Waals surface area contributed by atoms with E-state index in [-0.39, 0.29) is 24.0 Å². The van der Waals surface area contributed by atoms with Crippen molar-refractivity contribution in [3.8, 4) is 5.88 Å². The van der Waals surface area contributed by atoms with Crippen molar-refractivity contribution < 1.29 is 9.47 Å². The summed E-state index contributed by atoms with van der Waals surface area (Å²) >= 11 is 0. The summed E-state index contributed by atoms with van der Waals surface area (Å²) in [5.74, 6) is 1.05. The molecule has 0 saturated carbocycles. The molecule has 2 rings (SSSR count). The van der Waals surface area contributed by atoms with Crippen LogP contribution in [0.5, 0.6) is 5.88 Å². The predicted molar refractivity (Wildman–Crippen MR) is 111 cm³/mol. The number of likely N-dealkylation sites (tertiary alicyclic amines) is 1. The number of ether oxygens (including phenoxy) is 2. The molecule has 8 heteroatoms. The van der Waals surface area contributed by atoms with Gasteiger partial charge in [0.05, 0.1) is 13.2 Å². The molecule has 1 aliphatic rings. The van der Waals surface area contributed by atoms with Gasteiger partial charge in [-0.15, -0.1) is 24.0 Å². The third-order valence-corrected chi connectivity index (χ3v) is 4.22. The second kappa shape index (κ2) is 12.3. The van der Waals surface area contributed by atoms with Crippen LogP contribution in [0.3, 0.4) is 0 Å². The van der Waals surface area contributed by atoms with Gasteiger partial charge in [0.1, 0.15) is 6.61 Å². The molecular weight excluding hydrogens is 433 g/mol. The van der Waals surface area contributed by atoms with Crippen LogP contribution >= 0.6 is 24.0 Å². The third kappa shape index (κ3) is 7.33. The van der Waals surface area contributed by atoms with E-state index >= 15 is 0 Å². The Balaban J connectivity index is 0.00000312. The summed E-state index contributed by atoms with van der Waals surface area (Å²) < 4.78 is 10.6. The fourth-order valence-electron chi connectivity index (χ4n) is 2.89. The standard InChI is InChI=1S/C17H29N5O2.HI/c1-3-22-9-5-7-15(22)13-21-17(18)20-12-14-6-4-8-19-16(14)24-11-10-23-2;/h4,6,8,15H,3,5,7,9-13H2,1-2H3,(H3,18,20,21);1H. The fourth-order valence-corrected chi connectivity index (χ4v) is 2.89. The van der Waals surface area contributed by atoms with Crippen molar-refractivity contribution in [2.45, 2.75) is 32.4 Å². The molecule has 1 fully saturated rings. The van der Waals surface area contributed by atoms with Crippen LogP contribution in [0.4, 0.5) is 0 Å². The zero-order valence-corrected chi connectivity index (χ0v) is 17.4. The van der Waals surface area contributed by atoms with Crippen molar-refractivity contribution in [1.29, 1.82) is 0 Å². The first-order chi connectivity index (χ1) is 11.7. The monoisotopic (exact) mass is 463 g/mol. The number of halogens is 1. The zero-order valence-electron chi connectivity index (χ0n) is 15.1. The van der Waals surface area contributed by atoms with Gasteiger partial charge >= 0.3 is 0 Å². The summed E-state index contributed by atoms with van der Waals surface area (Å²) in [6.45, 7) is 6.73. The first-order valence-corrected chi connectivity index (χ1v) is 8.58. The van der Waals surface area contributed by atoms with Crippen LogP contribution in [0.25, 0.3) is 0 Å². The Bertz CT molecular complexity index is 530. The van der Waals surface area contributed by atoms with Gasteiger partial charge in [0.15, 0.2) is 5.96 Å². The molecule has 1 unspecified atom stereocenters. The van der Waals surface area contributed by atoms with Crippen LogP contribution in [-0.4, -0.2) is 61.8 Å². The van der Waals surface area contributed by atoms with E-state index in [1.54, 1.807) is 13.3 Å². The summed E-state index contributed by atoms with van der Waals surface area (Å²) in [6.07, 6.45) is 4.18. The van der Waals surface area contributed by atoms with Gasteiger partial charge in [-0.25, -0.2) is 9.98 Å². The van der Waals surface area contributed by atoms with Crippen molar-refractivity contribution in [2.24, 2.45) is 10.7 Å². The topological polar surface area (TPSA) is 85.0 Å². The summed E-state index contributed by atoms with van der Waals surface area (Å²) in [5, 5.41) is 3.24. The highest BCUT2D eigenvalue weighted by molar-refractivity contribution is 14.0. The van der Waals surface area contributed by atoms with Gasteiger partial charge in [0, 0.05) is 31.5 Å². The molecule has 2 heterocycles. The lowest BCUT2D eigenvalue weighted by Gasteiger charge is -2.23. The predicted octanol–water partition coefficient (Wildman–Crippen LogP) is 1.61. The molecule has 7 nitrogen and oxygen atoms in total. The van der Waals surface area contributed by atoms with Crippen molar-refractivity contribution in [2.75, 3.05) is 40.0 Å². The van der Waals surface area contributed by atoms with Crippen LogP contribution < -0.4 is 15.8 Å². The molecule has 0 aromatic carbocycles. The second-order valence-electron chi connectivity index (χ2n) is 5.82. The number of methoxy groups -OCH3 is 1. The number of nitrogens with zero attached hydrogens (tertiary/aromatic N) is 3. The van der Waals surface area contributed by atoms with E-state index in [0.29, 0.717) is 37.6 Å². The second-order valence-corrected chi connectivity index (χ2v) is 5.82. The van der Waals surface area contributed by atoms with E-state index in [4.69, 9.17) is 15.2 Å². The van der Waals surface area contributed by atoms with Crippen molar-refractivity contribution in [3.63, 3.8) is 0 Å². The SMILES string of the molecule is CCN1CCCC1CNC(N)=NCc1cccnc1OCCOC.I. The van der Waals surface area contributed by atoms with Gasteiger partial charge in [-0.2, -0.15) is 0 Å². The lowest BCUT2D eigenvalue weighted by molar-refractivity contribution is 0.143. The molecule has 0 spiro atoms. The lowest BCUT2D eigenvalue weighted by atomic mass is 10.2. The number of rotatable bonds is 9. The van der Waals surface area contributed by atoms with E-state index < -0.39 is 0 Å². The number of nitrogens with two attached hydrogens (primary N) is 1. The molecule has 0 amide bonds.